The minimum absolute atomic E-state index is 0.134. The van der Waals surface area contributed by atoms with Crippen molar-refractivity contribution in [3.63, 3.8) is 0 Å². The van der Waals surface area contributed by atoms with Crippen molar-refractivity contribution in [2.45, 2.75) is 43.5 Å². The zero-order valence-electron chi connectivity index (χ0n) is 11.5. The Labute approximate surface area is 132 Å². The van der Waals surface area contributed by atoms with Gasteiger partial charge >= 0.3 is 0 Å². The lowest BCUT2D eigenvalue weighted by Gasteiger charge is -2.28. The Kier molecular flexibility index (Phi) is 5.86. The molecule has 0 aliphatic heterocycles. The molecular weight excluding hydrogens is 340 g/mol. The molecule has 0 radical (unpaired) electrons. The van der Waals surface area contributed by atoms with Crippen molar-refractivity contribution in [3.05, 3.63) is 38.3 Å². The molecule has 1 aliphatic rings. The Morgan fingerprint density at radius 2 is 2.30 bits per heavy atom. The summed E-state index contributed by atoms with van der Waals surface area (Å²) in [5.41, 5.74) is 1.08. The lowest BCUT2D eigenvalue weighted by Crippen LogP contribution is -2.34. The average Bonchev–Trinajstić information content (AvgIpc) is 2.46. The van der Waals surface area contributed by atoms with Crippen molar-refractivity contribution in [1.82, 2.24) is 5.32 Å². The second-order valence-electron chi connectivity index (χ2n) is 5.11. The maximum Gasteiger partial charge on any atom is 0.283 e. The number of nitro groups is 1. The predicted octanol–water partition coefficient (Wildman–Crippen LogP) is 4.12. The molecule has 0 aromatic heterocycles. The topological polar surface area (TPSA) is 55.2 Å². The summed E-state index contributed by atoms with van der Waals surface area (Å²) in [5.74, 6) is 0. The highest BCUT2D eigenvalue weighted by Gasteiger charge is 2.21. The van der Waals surface area contributed by atoms with Crippen LogP contribution in [-0.2, 0) is 6.54 Å². The molecule has 1 fully saturated rings. The summed E-state index contributed by atoms with van der Waals surface area (Å²) in [7, 11) is 0. The molecule has 0 saturated heterocycles. The van der Waals surface area contributed by atoms with Crippen LogP contribution in [0.25, 0.3) is 0 Å². The van der Waals surface area contributed by atoms with E-state index >= 15 is 0 Å². The molecule has 2 atom stereocenters. The molecule has 110 valence electrons. The zero-order valence-corrected chi connectivity index (χ0v) is 13.9. The number of hydrogen-bond acceptors (Lipinski definition) is 4. The Morgan fingerprint density at radius 1 is 1.50 bits per heavy atom. The fraction of sp³-hybridized carbons (Fsp3) is 0.571. The summed E-state index contributed by atoms with van der Waals surface area (Å²) in [6.07, 6.45) is 7.13. The maximum atomic E-state index is 10.9. The molecule has 6 heteroatoms. The predicted molar refractivity (Wildman–Crippen MR) is 87.2 cm³/mol. The molecule has 1 aromatic rings. The standard InChI is InChI=1S/C14H19BrN2O2S/c1-20-12-6-3-5-11(8-12)16-9-10-4-2-7-13(14(10)15)17(18)19/h2,4,7,11-12,16H,3,5-6,8-9H2,1H3. The first kappa shape index (κ1) is 15.8. The van der Waals surface area contributed by atoms with Gasteiger partial charge < -0.3 is 5.32 Å². The molecule has 4 nitrogen and oxygen atoms in total. The second-order valence-corrected chi connectivity index (χ2v) is 7.04. The third kappa shape index (κ3) is 3.96. The van der Waals surface area contributed by atoms with Crippen LogP contribution in [0.3, 0.4) is 0 Å². The Bertz CT molecular complexity index is 484. The smallest absolute Gasteiger partial charge is 0.283 e. The van der Waals surface area contributed by atoms with Crippen LogP contribution < -0.4 is 5.32 Å². The summed E-state index contributed by atoms with van der Waals surface area (Å²) >= 11 is 5.29. The first-order valence-corrected chi connectivity index (χ1v) is 8.88. The lowest BCUT2D eigenvalue weighted by atomic mass is 9.95. The van der Waals surface area contributed by atoms with Crippen LogP contribution >= 0.6 is 27.7 Å². The molecule has 0 amide bonds. The van der Waals surface area contributed by atoms with Gasteiger partial charge in [0.15, 0.2) is 0 Å². The molecule has 1 aliphatic carbocycles. The van der Waals surface area contributed by atoms with Gasteiger partial charge in [0.1, 0.15) is 0 Å². The molecule has 1 aromatic carbocycles. The van der Waals surface area contributed by atoms with E-state index in [0.717, 1.165) is 10.8 Å². The number of thioether (sulfide) groups is 1. The van der Waals surface area contributed by atoms with Crippen LogP contribution in [0.1, 0.15) is 31.2 Å². The average molecular weight is 359 g/mol. The van der Waals surface area contributed by atoms with Gasteiger partial charge in [0.2, 0.25) is 0 Å². The number of benzene rings is 1. The molecular formula is C14H19BrN2O2S. The summed E-state index contributed by atoms with van der Waals surface area (Å²) in [4.78, 5) is 10.6. The third-order valence-electron chi connectivity index (χ3n) is 3.80. The highest BCUT2D eigenvalue weighted by Crippen LogP contribution is 2.30. The first-order chi connectivity index (χ1) is 9.61. The van der Waals surface area contributed by atoms with Crippen LogP contribution in [0.2, 0.25) is 0 Å². The highest BCUT2D eigenvalue weighted by molar-refractivity contribution is 9.10. The molecule has 1 N–H and O–H groups in total. The number of rotatable bonds is 5. The molecule has 0 heterocycles. The number of hydrogen-bond donors (Lipinski definition) is 1. The van der Waals surface area contributed by atoms with Crippen LogP contribution in [0.5, 0.6) is 0 Å². The van der Waals surface area contributed by atoms with Crippen LogP contribution in [0.15, 0.2) is 22.7 Å². The zero-order chi connectivity index (χ0) is 14.5. The fourth-order valence-corrected chi connectivity index (χ4v) is 4.02. The summed E-state index contributed by atoms with van der Waals surface area (Å²) in [6.45, 7) is 0.675. The van der Waals surface area contributed by atoms with E-state index < -0.39 is 0 Å². The number of nitro benzene ring substituents is 1. The Balaban J connectivity index is 1.97. The quantitative estimate of drug-likeness (QED) is 0.635. The minimum Gasteiger partial charge on any atom is -0.310 e. The van der Waals surface area contributed by atoms with E-state index in [4.69, 9.17) is 0 Å². The van der Waals surface area contributed by atoms with E-state index in [-0.39, 0.29) is 10.6 Å². The van der Waals surface area contributed by atoms with Crippen LogP contribution in [0.4, 0.5) is 5.69 Å². The summed E-state index contributed by atoms with van der Waals surface area (Å²) in [5, 5.41) is 15.2. The Morgan fingerprint density at radius 3 is 3.00 bits per heavy atom. The van der Waals surface area contributed by atoms with Crippen LogP contribution in [0, 0.1) is 10.1 Å². The summed E-state index contributed by atoms with van der Waals surface area (Å²) in [6, 6.07) is 5.72. The highest BCUT2D eigenvalue weighted by atomic mass is 79.9. The maximum absolute atomic E-state index is 10.9. The molecule has 2 unspecified atom stereocenters. The molecule has 20 heavy (non-hydrogen) atoms. The van der Waals surface area contributed by atoms with Gasteiger partial charge in [-0.3, -0.25) is 10.1 Å². The van der Waals surface area contributed by atoms with Crippen LogP contribution in [-0.4, -0.2) is 22.5 Å². The van der Waals surface area contributed by atoms with Gasteiger partial charge in [-0.2, -0.15) is 11.8 Å². The van der Waals surface area contributed by atoms with Crippen molar-refractivity contribution in [2.24, 2.45) is 0 Å². The van der Waals surface area contributed by atoms with E-state index in [1.165, 1.54) is 31.7 Å². The van der Waals surface area contributed by atoms with Crippen molar-refractivity contribution in [3.8, 4) is 0 Å². The van der Waals surface area contributed by atoms with Gasteiger partial charge in [0.05, 0.1) is 9.40 Å². The van der Waals surface area contributed by atoms with Gasteiger partial charge in [-0.1, -0.05) is 18.6 Å². The normalized spacial score (nSPS) is 22.7. The molecule has 0 spiro atoms. The van der Waals surface area contributed by atoms with Gasteiger partial charge in [0.25, 0.3) is 5.69 Å². The van der Waals surface area contributed by atoms with Gasteiger partial charge in [-0.05, 0) is 47.0 Å². The molecule has 1 saturated carbocycles. The SMILES string of the molecule is CSC1CCCC(NCc2cccc([N+](=O)[O-])c2Br)C1. The summed E-state index contributed by atoms with van der Waals surface area (Å²) < 4.78 is 0.592. The van der Waals surface area contributed by atoms with E-state index in [0.29, 0.717) is 17.1 Å². The minimum atomic E-state index is -0.349. The molecule has 2 rings (SSSR count). The first-order valence-electron chi connectivity index (χ1n) is 6.79. The number of nitrogens with one attached hydrogen (secondary N) is 1. The fourth-order valence-electron chi connectivity index (χ4n) is 2.64. The Hall–Kier alpha value is -0.590. The largest absolute Gasteiger partial charge is 0.310 e. The third-order valence-corrected chi connectivity index (χ3v) is 5.81. The van der Waals surface area contributed by atoms with E-state index in [1.54, 1.807) is 6.07 Å². The van der Waals surface area contributed by atoms with Crippen molar-refractivity contribution in [1.29, 1.82) is 0 Å². The van der Waals surface area contributed by atoms with Crippen molar-refractivity contribution < 1.29 is 4.92 Å². The van der Waals surface area contributed by atoms with Gasteiger partial charge in [-0.15, -0.1) is 0 Å². The monoisotopic (exact) mass is 358 g/mol. The van der Waals surface area contributed by atoms with E-state index in [1.807, 2.05) is 17.8 Å². The van der Waals surface area contributed by atoms with Crippen molar-refractivity contribution >= 4 is 33.4 Å². The van der Waals surface area contributed by atoms with Gasteiger partial charge in [-0.25, -0.2) is 0 Å². The molecule has 0 bridgehead atoms. The van der Waals surface area contributed by atoms with Crippen molar-refractivity contribution in [2.75, 3.05) is 6.26 Å². The van der Waals surface area contributed by atoms with E-state index in [2.05, 4.69) is 27.5 Å². The van der Waals surface area contributed by atoms with Gasteiger partial charge in [0, 0.05) is 23.9 Å². The lowest BCUT2D eigenvalue weighted by molar-refractivity contribution is -0.385. The second kappa shape index (κ2) is 7.43. The number of nitrogens with zero attached hydrogens (tertiary/aromatic N) is 1. The number of halogens is 1. The van der Waals surface area contributed by atoms with E-state index in [9.17, 15) is 10.1 Å².